The van der Waals surface area contributed by atoms with Crippen LogP contribution in [0, 0.1) is 11.7 Å². The van der Waals surface area contributed by atoms with Crippen molar-refractivity contribution in [3.05, 3.63) is 53.8 Å². The molecule has 1 N–H and O–H groups in total. The molecule has 1 fully saturated rings. The summed E-state index contributed by atoms with van der Waals surface area (Å²) in [5.74, 6) is -2.99. The first-order valence-electron chi connectivity index (χ1n) is 11.4. The first kappa shape index (κ1) is 8.72. The van der Waals surface area contributed by atoms with E-state index in [0.717, 1.165) is 12.1 Å². The number of rotatable bonds is 4. The van der Waals surface area contributed by atoms with E-state index in [2.05, 4.69) is 5.32 Å². The second-order valence-corrected chi connectivity index (χ2v) is 5.40. The molecule has 2 heterocycles. The molecule has 2 atom stereocenters. The first-order valence-corrected chi connectivity index (χ1v) is 7.43. The van der Waals surface area contributed by atoms with Crippen molar-refractivity contribution in [3.63, 3.8) is 0 Å². The van der Waals surface area contributed by atoms with E-state index in [1.165, 1.54) is 30.3 Å². The normalized spacial score (nSPS) is 34.2. The zero-order chi connectivity index (χ0) is 23.5. The summed E-state index contributed by atoms with van der Waals surface area (Å²) in [6.45, 7) is -9.69. The molecule has 5 heteroatoms. The largest absolute Gasteiger partial charge is 0.493 e. The predicted octanol–water partition coefficient (Wildman–Crippen LogP) is 3.33. The molecule has 1 unspecified atom stereocenters. The van der Waals surface area contributed by atoms with Gasteiger partial charge in [0.2, 0.25) is 6.75 Å². The summed E-state index contributed by atoms with van der Waals surface area (Å²) in [5, 5.41) is 2.22. The average Bonchev–Trinajstić information content (AvgIpc) is 2.92. The Morgan fingerprint density at radius 2 is 2.04 bits per heavy atom. The van der Waals surface area contributed by atoms with Crippen LogP contribution in [-0.2, 0) is 0 Å². The van der Waals surface area contributed by atoms with Gasteiger partial charge in [-0.05, 0) is 48.7 Å². The van der Waals surface area contributed by atoms with Gasteiger partial charge in [-0.2, -0.15) is 0 Å². The third-order valence-electron chi connectivity index (χ3n) is 3.86. The van der Waals surface area contributed by atoms with Crippen molar-refractivity contribution in [2.75, 3.05) is 26.3 Å². The average molecular weight is 337 g/mol. The smallest absolute Gasteiger partial charge is 0.231 e. The van der Waals surface area contributed by atoms with E-state index < -0.39 is 44.0 Å². The van der Waals surface area contributed by atoms with E-state index in [1.807, 2.05) is 0 Å². The third-order valence-corrected chi connectivity index (χ3v) is 3.86. The van der Waals surface area contributed by atoms with Crippen LogP contribution in [0.2, 0.25) is 0 Å². The number of ether oxygens (including phenoxy) is 3. The van der Waals surface area contributed by atoms with Gasteiger partial charge in [-0.1, -0.05) is 12.1 Å². The molecule has 2 aromatic carbocycles. The Kier molecular flexibility index (Phi) is 2.43. The summed E-state index contributed by atoms with van der Waals surface area (Å²) in [4.78, 5) is 0. The third kappa shape index (κ3) is 3.17. The van der Waals surface area contributed by atoms with Crippen LogP contribution < -0.4 is 19.5 Å². The van der Waals surface area contributed by atoms with Crippen molar-refractivity contribution < 1.29 is 29.6 Å². The minimum Gasteiger partial charge on any atom is -0.493 e. The summed E-state index contributed by atoms with van der Waals surface area (Å²) in [6.07, 6.45) is -0.271. The fourth-order valence-corrected chi connectivity index (χ4v) is 2.60. The molecule has 0 radical (unpaired) electrons. The Hall–Kier alpha value is -2.27. The number of hydrogen-bond donors (Lipinski definition) is 1. The lowest BCUT2D eigenvalue weighted by atomic mass is 9.81. The lowest BCUT2D eigenvalue weighted by Gasteiger charge is -2.32. The van der Waals surface area contributed by atoms with E-state index >= 15 is 0 Å². The Balaban J connectivity index is 1.68. The number of hydrogen-bond acceptors (Lipinski definition) is 4. The van der Waals surface area contributed by atoms with Gasteiger partial charge in [0.1, 0.15) is 14.3 Å². The van der Waals surface area contributed by atoms with E-state index in [4.69, 9.17) is 25.2 Å². The zero-order valence-corrected chi connectivity index (χ0v) is 12.5. The molecule has 4 rings (SSSR count). The van der Waals surface area contributed by atoms with Gasteiger partial charge in [0.05, 0.1) is 9.30 Å². The number of nitrogens with one attached hydrogen (secondary N) is 1. The van der Waals surface area contributed by atoms with Gasteiger partial charge in [0.15, 0.2) is 11.5 Å². The Bertz CT molecular complexity index is 1020. The molecular formula is C19H20FNO3. The Morgan fingerprint density at radius 3 is 2.92 bits per heavy atom. The maximum absolute atomic E-state index is 13.4. The lowest BCUT2D eigenvalue weighted by Crippen LogP contribution is -2.38. The molecule has 1 saturated heterocycles. The van der Waals surface area contributed by atoms with Gasteiger partial charge >= 0.3 is 0 Å². The summed E-state index contributed by atoms with van der Waals surface area (Å²) in [7, 11) is 0. The highest BCUT2D eigenvalue weighted by Gasteiger charge is 2.27. The number of piperidine rings is 1. The fraction of sp³-hybridized carbons (Fsp3) is 0.368. The number of benzene rings is 2. The van der Waals surface area contributed by atoms with Crippen LogP contribution in [0.4, 0.5) is 4.39 Å². The minimum atomic E-state index is -2.65. The predicted molar refractivity (Wildman–Crippen MR) is 88.2 cm³/mol. The molecule has 0 saturated carbocycles. The molecule has 2 aromatic rings. The Labute approximate surface area is 151 Å². The van der Waals surface area contributed by atoms with Crippen LogP contribution in [0.3, 0.4) is 0 Å². The van der Waals surface area contributed by atoms with Crippen LogP contribution in [0.25, 0.3) is 0 Å². The summed E-state index contributed by atoms with van der Waals surface area (Å²) >= 11 is 0. The van der Waals surface area contributed by atoms with Crippen molar-refractivity contribution in [1.29, 1.82) is 0 Å². The molecule has 0 bridgehead atoms. The van der Waals surface area contributed by atoms with Gasteiger partial charge in [0, 0.05) is 24.0 Å². The molecule has 0 aliphatic carbocycles. The van der Waals surface area contributed by atoms with Gasteiger partial charge in [0.25, 0.3) is 0 Å². The van der Waals surface area contributed by atoms with Crippen molar-refractivity contribution in [2.24, 2.45) is 5.92 Å². The first-order chi connectivity index (χ1) is 14.7. The Morgan fingerprint density at radius 1 is 1.21 bits per heavy atom. The fourth-order valence-electron chi connectivity index (χ4n) is 2.60. The molecule has 0 aromatic heterocycles. The quantitative estimate of drug-likeness (QED) is 0.929. The van der Waals surface area contributed by atoms with Gasteiger partial charge in [-0.3, -0.25) is 0 Å². The molecule has 4 nitrogen and oxygen atoms in total. The molecule has 126 valence electrons. The minimum absolute atomic E-state index is 0.000465. The topological polar surface area (TPSA) is 39.7 Å². The number of halogens is 1. The van der Waals surface area contributed by atoms with Crippen molar-refractivity contribution in [2.45, 2.75) is 12.3 Å². The highest BCUT2D eigenvalue weighted by Crippen LogP contribution is 2.36. The van der Waals surface area contributed by atoms with Crippen molar-refractivity contribution in [1.82, 2.24) is 5.32 Å². The second kappa shape index (κ2) is 6.69. The highest BCUT2D eigenvalue weighted by molar-refractivity contribution is 5.46. The molecule has 2 aliphatic heterocycles. The summed E-state index contributed by atoms with van der Waals surface area (Å²) in [5.41, 5.74) is 0.372. The number of fused-ring (bicyclic) bond motifs is 1. The van der Waals surface area contributed by atoms with E-state index in [0.29, 0.717) is 5.56 Å². The van der Waals surface area contributed by atoms with Crippen molar-refractivity contribution in [3.8, 4) is 17.2 Å². The summed E-state index contributed by atoms with van der Waals surface area (Å²) in [6, 6.07) is 8.97. The second-order valence-electron chi connectivity index (χ2n) is 5.40. The van der Waals surface area contributed by atoms with E-state index in [1.54, 1.807) is 0 Å². The highest BCUT2D eigenvalue weighted by atomic mass is 19.1. The summed E-state index contributed by atoms with van der Waals surface area (Å²) < 4.78 is 93.9. The standard InChI is InChI=1S/C19H20FNO3/c20-15-3-1-13(2-4-15)17-7-8-21-10-14(17)11-22-16-5-6-18-19(9-16)24-12-23-18/h1-6,9,14,17,21H,7-8,10-12H2/t14?,17-/m0/s1/i8D2,10D2,11D2,12D2. The molecular weight excluding hydrogens is 309 g/mol. The SMILES string of the molecule is [2H]C1([2H])C[C@@H](c2ccc(F)cc2)C(C([2H])([2H])Oc2ccc3c(c2)OC([2H])([2H])O3)C([2H])([2H])N1. The van der Waals surface area contributed by atoms with Gasteiger partial charge in [-0.15, -0.1) is 0 Å². The lowest BCUT2D eigenvalue weighted by molar-refractivity contribution is 0.173. The molecule has 0 amide bonds. The maximum atomic E-state index is 13.4. The van der Waals surface area contributed by atoms with Crippen LogP contribution in [0.15, 0.2) is 42.5 Å². The van der Waals surface area contributed by atoms with Crippen LogP contribution in [0.1, 0.15) is 28.9 Å². The van der Waals surface area contributed by atoms with Crippen LogP contribution in [-0.4, -0.2) is 26.3 Å². The molecule has 0 spiro atoms. The van der Waals surface area contributed by atoms with E-state index in [9.17, 15) is 4.39 Å². The molecule has 24 heavy (non-hydrogen) atoms. The van der Waals surface area contributed by atoms with Gasteiger partial charge < -0.3 is 19.5 Å². The monoisotopic (exact) mass is 337 g/mol. The van der Waals surface area contributed by atoms with Crippen LogP contribution in [0.5, 0.6) is 17.2 Å². The van der Waals surface area contributed by atoms with Crippen LogP contribution >= 0.6 is 0 Å². The van der Waals surface area contributed by atoms with Crippen molar-refractivity contribution >= 4 is 0 Å². The van der Waals surface area contributed by atoms with E-state index in [-0.39, 0.29) is 23.7 Å². The molecule has 2 aliphatic rings. The zero-order valence-electron chi connectivity index (χ0n) is 20.5. The maximum Gasteiger partial charge on any atom is 0.231 e. The van der Waals surface area contributed by atoms with Gasteiger partial charge in [-0.25, -0.2) is 4.39 Å².